The predicted octanol–water partition coefficient (Wildman–Crippen LogP) is 2.05. The molecule has 2 nitrogen and oxygen atoms in total. The fourth-order valence-electron chi connectivity index (χ4n) is 1.06. The van der Waals surface area contributed by atoms with Crippen molar-refractivity contribution >= 4 is 0 Å². The molecule has 0 fully saturated rings. The quantitative estimate of drug-likeness (QED) is 0.660. The Balaban J connectivity index is 3.33. The van der Waals surface area contributed by atoms with E-state index in [0.29, 0.717) is 0 Å². The van der Waals surface area contributed by atoms with Crippen molar-refractivity contribution in [3.8, 4) is 5.75 Å². The molecule has 0 saturated heterocycles. The van der Waals surface area contributed by atoms with Gasteiger partial charge in [0.25, 0.3) is 0 Å². The highest BCUT2D eigenvalue weighted by Gasteiger charge is 2.12. The van der Waals surface area contributed by atoms with E-state index in [4.69, 9.17) is 5.11 Å². The topological polar surface area (TPSA) is 37.3 Å². The highest BCUT2D eigenvalue weighted by molar-refractivity contribution is 5.27. The summed E-state index contributed by atoms with van der Waals surface area (Å²) in [6, 6.07) is 6.37. The molecule has 0 aromatic heterocycles. The first-order valence-electron chi connectivity index (χ1n) is 4.25. The fraction of sp³-hybridized carbons (Fsp3) is 0.364. The van der Waals surface area contributed by atoms with Crippen molar-refractivity contribution < 1.29 is 5.11 Å². The second kappa shape index (κ2) is 3.21. The Morgan fingerprint density at radius 2 is 1.62 bits per heavy atom. The van der Waals surface area contributed by atoms with Crippen molar-refractivity contribution in [2.24, 2.45) is 0 Å². The Kier molecular flexibility index (Phi) is 2.41. The van der Waals surface area contributed by atoms with Gasteiger partial charge in [-0.25, -0.2) is 0 Å². The zero-order chi connectivity index (χ0) is 10.1. The van der Waals surface area contributed by atoms with Gasteiger partial charge in [-0.2, -0.15) is 0 Å². The van der Waals surface area contributed by atoms with E-state index in [-0.39, 0.29) is 16.6 Å². The number of aromatic hydroxyl groups is 1. The molecule has 1 aromatic rings. The van der Waals surface area contributed by atoms with Crippen LogP contribution in [0.15, 0.2) is 29.1 Å². The van der Waals surface area contributed by atoms with Gasteiger partial charge in [-0.1, -0.05) is 32.9 Å². The normalized spacial score (nSPS) is 11.3. The predicted molar refractivity (Wildman–Crippen MR) is 53.1 cm³/mol. The molecule has 0 amide bonds. The number of hydrogen-bond donors (Lipinski definition) is 1. The van der Waals surface area contributed by atoms with Crippen LogP contribution in [-0.4, -0.2) is 5.11 Å². The summed E-state index contributed by atoms with van der Waals surface area (Å²) in [5.74, 6) is -0.199. The van der Waals surface area contributed by atoms with E-state index in [1.54, 1.807) is 12.1 Å². The molecule has 1 rings (SSSR count). The van der Waals surface area contributed by atoms with Gasteiger partial charge in [0, 0.05) is 0 Å². The summed E-state index contributed by atoms with van der Waals surface area (Å²) in [6.07, 6.45) is 0. The van der Waals surface area contributed by atoms with E-state index < -0.39 is 0 Å². The summed E-state index contributed by atoms with van der Waals surface area (Å²) in [5, 5.41) is 9.16. The van der Waals surface area contributed by atoms with Gasteiger partial charge < -0.3 is 5.11 Å². The SMILES string of the molecule is CC(C)(C)c1ccc(O)c(=O)cc1. The Bertz CT molecular complexity index is 361. The third-order valence-corrected chi connectivity index (χ3v) is 1.95. The van der Waals surface area contributed by atoms with Gasteiger partial charge in [-0.3, -0.25) is 4.79 Å². The standard InChI is InChI=1S/C11H14O2/c1-11(2,3)8-4-6-9(12)10(13)7-5-8/h4-7H,1-3H3,(H,12,13). The lowest BCUT2D eigenvalue weighted by molar-refractivity contribution is 0.471. The van der Waals surface area contributed by atoms with E-state index >= 15 is 0 Å². The summed E-state index contributed by atoms with van der Waals surface area (Å²) in [6.45, 7) is 6.18. The second-order valence-corrected chi connectivity index (χ2v) is 4.12. The highest BCUT2D eigenvalue weighted by Crippen LogP contribution is 2.20. The van der Waals surface area contributed by atoms with Crippen molar-refractivity contribution in [1.29, 1.82) is 0 Å². The summed E-state index contributed by atoms with van der Waals surface area (Å²) < 4.78 is 0. The molecule has 70 valence electrons. The first-order chi connectivity index (χ1) is 5.91. The maximum Gasteiger partial charge on any atom is 0.220 e. The van der Waals surface area contributed by atoms with Crippen molar-refractivity contribution in [2.45, 2.75) is 26.2 Å². The Morgan fingerprint density at radius 1 is 1.08 bits per heavy atom. The molecule has 0 spiro atoms. The van der Waals surface area contributed by atoms with Crippen LogP contribution in [0.2, 0.25) is 0 Å². The van der Waals surface area contributed by atoms with Crippen molar-refractivity contribution in [2.75, 3.05) is 0 Å². The maximum absolute atomic E-state index is 11.0. The summed E-state index contributed by atoms with van der Waals surface area (Å²) in [7, 11) is 0. The third kappa shape index (κ3) is 2.31. The number of hydrogen-bond acceptors (Lipinski definition) is 2. The molecular formula is C11H14O2. The molecule has 0 aliphatic rings. The largest absolute Gasteiger partial charge is 0.504 e. The van der Waals surface area contributed by atoms with Gasteiger partial charge in [0.15, 0.2) is 5.75 Å². The minimum Gasteiger partial charge on any atom is -0.504 e. The summed E-state index contributed by atoms with van der Waals surface area (Å²) >= 11 is 0. The van der Waals surface area contributed by atoms with E-state index in [9.17, 15) is 4.79 Å². The average Bonchev–Trinajstić information content (AvgIpc) is 2.14. The molecule has 1 N–H and O–H groups in total. The van der Waals surface area contributed by atoms with Crippen LogP contribution < -0.4 is 5.43 Å². The maximum atomic E-state index is 11.0. The molecule has 0 radical (unpaired) electrons. The van der Waals surface area contributed by atoms with Crippen LogP contribution >= 0.6 is 0 Å². The fourth-order valence-corrected chi connectivity index (χ4v) is 1.06. The van der Waals surface area contributed by atoms with Gasteiger partial charge >= 0.3 is 0 Å². The van der Waals surface area contributed by atoms with Crippen LogP contribution in [0.25, 0.3) is 0 Å². The lowest BCUT2D eigenvalue weighted by Crippen LogP contribution is -2.09. The number of rotatable bonds is 0. The lowest BCUT2D eigenvalue weighted by atomic mass is 9.88. The molecule has 1 aromatic carbocycles. The molecule has 0 unspecified atom stereocenters. The molecule has 0 aliphatic carbocycles. The van der Waals surface area contributed by atoms with Crippen molar-refractivity contribution in [1.82, 2.24) is 0 Å². The third-order valence-electron chi connectivity index (χ3n) is 1.95. The molecule has 0 bridgehead atoms. The van der Waals surface area contributed by atoms with Crippen LogP contribution in [0.3, 0.4) is 0 Å². The van der Waals surface area contributed by atoms with Gasteiger partial charge in [-0.05, 0) is 23.1 Å². The molecule has 0 aliphatic heterocycles. The van der Waals surface area contributed by atoms with E-state index in [2.05, 4.69) is 20.8 Å². The highest BCUT2D eigenvalue weighted by atomic mass is 16.3. The Hall–Kier alpha value is -1.31. The summed E-state index contributed by atoms with van der Waals surface area (Å²) in [4.78, 5) is 11.0. The lowest BCUT2D eigenvalue weighted by Gasteiger charge is -2.16. The van der Waals surface area contributed by atoms with Crippen molar-refractivity contribution in [3.63, 3.8) is 0 Å². The van der Waals surface area contributed by atoms with Gasteiger partial charge in [-0.15, -0.1) is 0 Å². The first kappa shape index (κ1) is 9.78. The van der Waals surface area contributed by atoms with Crippen LogP contribution in [0.1, 0.15) is 26.3 Å². The average molecular weight is 178 g/mol. The van der Waals surface area contributed by atoms with Crippen molar-refractivity contribution in [3.05, 3.63) is 40.1 Å². The molecular weight excluding hydrogens is 164 g/mol. The molecule has 2 heteroatoms. The van der Waals surface area contributed by atoms with Crippen LogP contribution in [-0.2, 0) is 5.41 Å². The second-order valence-electron chi connectivity index (χ2n) is 4.12. The Labute approximate surface area is 77.9 Å². The zero-order valence-corrected chi connectivity index (χ0v) is 8.16. The van der Waals surface area contributed by atoms with Crippen LogP contribution in [0.4, 0.5) is 0 Å². The van der Waals surface area contributed by atoms with E-state index in [1.165, 1.54) is 12.1 Å². The minimum absolute atomic E-state index is 0.00208. The minimum atomic E-state index is -0.337. The molecule has 0 atom stereocenters. The van der Waals surface area contributed by atoms with Gasteiger partial charge in [0.1, 0.15) is 0 Å². The first-order valence-corrected chi connectivity index (χ1v) is 4.25. The summed E-state index contributed by atoms with van der Waals surface area (Å²) in [5.41, 5.74) is 0.693. The smallest absolute Gasteiger partial charge is 0.220 e. The van der Waals surface area contributed by atoms with Crippen LogP contribution in [0, 0.1) is 0 Å². The Morgan fingerprint density at radius 3 is 2.15 bits per heavy atom. The van der Waals surface area contributed by atoms with E-state index in [0.717, 1.165) is 5.56 Å². The van der Waals surface area contributed by atoms with Gasteiger partial charge in [0.2, 0.25) is 5.43 Å². The van der Waals surface area contributed by atoms with Crippen LogP contribution in [0.5, 0.6) is 5.75 Å². The molecule has 0 saturated carbocycles. The monoisotopic (exact) mass is 178 g/mol. The van der Waals surface area contributed by atoms with Gasteiger partial charge in [0.05, 0.1) is 0 Å². The molecule has 13 heavy (non-hydrogen) atoms. The zero-order valence-electron chi connectivity index (χ0n) is 8.16. The molecule has 0 heterocycles. The van der Waals surface area contributed by atoms with E-state index in [1.807, 2.05) is 0 Å².